The van der Waals surface area contributed by atoms with Gasteiger partial charge in [0.15, 0.2) is 9.84 Å². The molecule has 0 amide bonds. The number of aromatic nitrogens is 1. The second-order valence-electron chi connectivity index (χ2n) is 4.86. The minimum Gasteiger partial charge on any atom is -0.370 e. The van der Waals surface area contributed by atoms with Crippen molar-refractivity contribution in [2.45, 2.75) is 18.2 Å². The molecule has 1 aromatic rings. The van der Waals surface area contributed by atoms with Gasteiger partial charge >= 0.3 is 0 Å². The summed E-state index contributed by atoms with van der Waals surface area (Å²) in [4.78, 5) is 4.16. The largest absolute Gasteiger partial charge is 0.370 e. The number of sulfone groups is 1. The minimum absolute atomic E-state index is 0.000499. The Balaban J connectivity index is 2.12. The number of sulfonamides is 1. The number of pyridine rings is 1. The standard InChI is InChI=1S/C12H19N3O4S2/c1-2-5-13-12-4-3-11(10-14-12)21(18,19)15-6-8-20(16,17)9-7-15/h3-4,10H,2,5-9H2,1H3,(H,13,14). The molecule has 1 aromatic heterocycles. The fourth-order valence-corrected chi connectivity index (χ4v) is 4.80. The average molecular weight is 333 g/mol. The molecule has 1 aliphatic heterocycles. The van der Waals surface area contributed by atoms with E-state index in [4.69, 9.17) is 0 Å². The zero-order valence-corrected chi connectivity index (χ0v) is 13.5. The number of anilines is 1. The summed E-state index contributed by atoms with van der Waals surface area (Å²) in [7, 11) is -6.78. The van der Waals surface area contributed by atoms with Gasteiger partial charge in [-0.2, -0.15) is 4.31 Å². The Morgan fingerprint density at radius 1 is 1.29 bits per heavy atom. The molecule has 7 nitrogen and oxygen atoms in total. The Bertz CT molecular complexity index is 670. The Labute approximate surface area is 125 Å². The van der Waals surface area contributed by atoms with Crippen LogP contribution in [-0.4, -0.2) is 57.3 Å². The van der Waals surface area contributed by atoms with E-state index in [1.807, 2.05) is 6.92 Å². The van der Waals surface area contributed by atoms with Crippen molar-refractivity contribution in [2.75, 3.05) is 36.5 Å². The first-order valence-electron chi connectivity index (χ1n) is 6.75. The lowest BCUT2D eigenvalue weighted by atomic mass is 10.4. The number of nitrogens with zero attached hydrogens (tertiary/aromatic N) is 2. The third-order valence-corrected chi connectivity index (χ3v) is 6.72. The fourth-order valence-electron chi connectivity index (χ4n) is 1.98. The first-order chi connectivity index (χ1) is 9.85. The highest BCUT2D eigenvalue weighted by Crippen LogP contribution is 2.18. The molecule has 0 unspecified atom stereocenters. The van der Waals surface area contributed by atoms with Crippen LogP contribution in [0.15, 0.2) is 23.2 Å². The van der Waals surface area contributed by atoms with Crippen molar-refractivity contribution in [3.05, 3.63) is 18.3 Å². The maximum Gasteiger partial charge on any atom is 0.244 e. The molecule has 0 aliphatic carbocycles. The van der Waals surface area contributed by atoms with Crippen LogP contribution in [0.3, 0.4) is 0 Å². The van der Waals surface area contributed by atoms with E-state index in [-0.39, 0.29) is 29.5 Å². The van der Waals surface area contributed by atoms with Gasteiger partial charge in [0.2, 0.25) is 10.0 Å². The van der Waals surface area contributed by atoms with E-state index in [2.05, 4.69) is 10.3 Å². The molecule has 1 N–H and O–H groups in total. The second-order valence-corrected chi connectivity index (χ2v) is 9.10. The van der Waals surface area contributed by atoms with Crippen LogP contribution >= 0.6 is 0 Å². The molecule has 9 heteroatoms. The highest BCUT2D eigenvalue weighted by Gasteiger charge is 2.31. The summed E-state index contributed by atoms with van der Waals surface area (Å²) in [6, 6.07) is 3.10. The van der Waals surface area contributed by atoms with E-state index in [1.165, 1.54) is 16.6 Å². The molecule has 2 heterocycles. The summed E-state index contributed by atoms with van der Waals surface area (Å²) in [6.45, 7) is 2.79. The van der Waals surface area contributed by atoms with Crippen LogP contribution in [0.1, 0.15) is 13.3 Å². The molecule has 0 bridgehead atoms. The van der Waals surface area contributed by atoms with Gasteiger partial charge < -0.3 is 5.32 Å². The molecule has 1 saturated heterocycles. The number of hydrogen-bond donors (Lipinski definition) is 1. The van der Waals surface area contributed by atoms with Gasteiger partial charge in [-0.05, 0) is 18.6 Å². The maximum absolute atomic E-state index is 12.4. The average Bonchev–Trinajstić information content (AvgIpc) is 2.45. The first-order valence-corrected chi connectivity index (χ1v) is 10.0. The van der Waals surface area contributed by atoms with E-state index in [9.17, 15) is 16.8 Å². The van der Waals surface area contributed by atoms with E-state index >= 15 is 0 Å². The van der Waals surface area contributed by atoms with E-state index in [0.717, 1.165) is 13.0 Å². The van der Waals surface area contributed by atoms with Crippen molar-refractivity contribution >= 4 is 25.7 Å². The normalized spacial score (nSPS) is 19.3. The topological polar surface area (TPSA) is 96.4 Å². The molecular weight excluding hydrogens is 314 g/mol. The van der Waals surface area contributed by atoms with Gasteiger partial charge in [-0.1, -0.05) is 6.92 Å². The lowest BCUT2D eigenvalue weighted by Gasteiger charge is -2.25. The monoisotopic (exact) mass is 333 g/mol. The Kier molecular flexibility index (Phi) is 4.84. The quantitative estimate of drug-likeness (QED) is 0.834. The summed E-state index contributed by atoms with van der Waals surface area (Å²) in [6.07, 6.45) is 2.25. The molecular formula is C12H19N3O4S2. The van der Waals surface area contributed by atoms with Crippen molar-refractivity contribution < 1.29 is 16.8 Å². The SMILES string of the molecule is CCCNc1ccc(S(=O)(=O)N2CCS(=O)(=O)CC2)cn1. The highest BCUT2D eigenvalue weighted by molar-refractivity contribution is 7.92. The molecule has 118 valence electrons. The molecule has 0 radical (unpaired) electrons. The van der Waals surface area contributed by atoms with Crippen LogP contribution < -0.4 is 5.32 Å². The Morgan fingerprint density at radius 3 is 2.48 bits per heavy atom. The summed E-state index contributed by atoms with van der Waals surface area (Å²) in [5.74, 6) is 0.364. The van der Waals surface area contributed by atoms with Crippen LogP contribution in [0.2, 0.25) is 0 Å². The van der Waals surface area contributed by atoms with E-state index < -0.39 is 19.9 Å². The summed E-state index contributed by atoms with van der Waals surface area (Å²) in [5, 5.41) is 3.06. The van der Waals surface area contributed by atoms with Crippen molar-refractivity contribution in [1.82, 2.24) is 9.29 Å². The lowest BCUT2D eigenvalue weighted by molar-refractivity contribution is 0.430. The van der Waals surface area contributed by atoms with E-state index in [0.29, 0.717) is 5.82 Å². The molecule has 21 heavy (non-hydrogen) atoms. The second kappa shape index (κ2) is 6.29. The third kappa shape index (κ3) is 3.92. The summed E-state index contributed by atoms with van der Waals surface area (Å²) < 4.78 is 48.7. The smallest absolute Gasteiger partial charge is 0.244 e. The number of hydrogen-bond acceptors (Lipinski definition) is 6. The molecule has 0 spiro atoms. The van der Waals surface area contributed by atoms with Crippen molar-refractivity contribution in [1.29, 1.82) is 0 Å². The fraction of sp³-hybridized carbons (Fsp3) is 0.583. The Hall–Kier alpha value is -1.19. The molecule has 1 aliphatic rings. The third-order valence-electron chi connectivity index (χ3n) is 3.23. The maximum atomic E-state index is 12.4. The zero-order valence-electron chi connectivity index (χ0n) is 11.8. The van der Waals surface area contributed by atoms with Crippen LogP contribution in [0.4, 0.5) is 5.82 Å². The van der Waals surface area contributed by atoms with Crippen molar-refractivity contribution in [3.63, 3.8) is 0 Å². The van der Waals surface area contributed by atoms with Crippen molar-refractivity contribution in [2.24, 2.45) is 0 Å². The molecule has 0 atom stereocenters. The highest BCUT2D eigenvalue weighted by atomic mass is 32.2. The van der Waals surface area contributed by atoms with Gasteiger partial charge in [-0.25, -0.2) is 21.8 Å². The predicted octanol–water partition coefficient (Wildman–Crippen LogP) is 0.323. The summed E-state index contributed by atoms with van der Waals surface area (Å²) in [5.41, 5.74) is 0. The number of nitrogens with one attached hydrogen (secondary N) is 1. The molecule has 1 fully saturated rings. The van der Waals surface area contributed by atoms with Crippen LogP contribution in [0, 0.1) is 0 Å². The first kappa shape index (κ1) is 16.2. The van der Waals surface area contributed by atoms with Crippen molar-refractivity contribution in [3.8, 4) is 0 Å². The molecule has 0 aromatic carbocycles. The number of rotatable bonds is 5. The van der Waals surface area contributed by atoms with Gasteiger partial charge in [0.05, 0.1) is 11.5 Å². The van der Waals surface area contributed by atoms with Crippen LogP contribution in [0.5, 0.6) is 0 Å². The lowest BCUT2D eigenvalue weighted by Crippen LogP contribution is -2.43. The minimum atomic E-state index is -3.67. The van der Waals surface area contributed by atoms with Gasteiger partial charge in [0.25, 0.3) is 0 Å². The zero-order chi connectivity index (χ0) is 15.5. The van der Waals surface area contributed by atoms with Crippen LogP contribution in [-0.2, 0) is 19.9 Å². The Morgan fingerprint density at radius 2 is 1.95 bits per heavy atom. The molecule has 0 saturated carbocycles. The summed E-state index contributed by atoms with van der Waals surface area (Å²) >= 11 is 0. The predicted molar refractivity (Wildman–Crippen MR) is 80.4 cm³/mol. The van der Waals surface area contributed by atoms with E-state index in [1.54, 1.807) is 6.07 Å². The van der Waals surface area contributed by atoms with Gasteiger partial charge in [0, 0.05) is 25.8 Å². The van der Waals surface area contributed by atoms with Gasteiger partial charge in [-0.3, -0.25) is 0 Å². The van der Waals surface area contributed by atoms with Crippen LogP contribution in [0.25, 0.3) is 0 Å². The van der Waals surface area contributed by atoms with Gasteiger partial charge in [-0.15, -0.1) is 0 Å². The van der Waals surface area contributed by atoms with Gasteiger partial charge in [0.1, 0.15) is 10.7 Å². The molecule has 2 rings (SSSR count).